The monoisotopic (exact) mass is 242 g/mol. The predicted molar refractivity (Wildman–Crippen MR) is 73.1 cm³/mol. The van der Waals surface area contributed by atoms with Gasteiger partial charge in [-0.3, -0.25) is 4.90 Å². The summed E-state index contributed by atoms with van der Waals surface area (Å²) >= 11 is 0. The normalized spacial score (nSPS) is 28.2. The second-order valence-electron chi connectivity index (χ2n) is 6.37. The molecule has 0 heterocycles. The van der Waals surface area contributed by atoms with Gasteiger partial charge in [-0.1, -0.05) is 13.8 Å². The maximum atomic E-state index is 9.13. The lowest BCUT2D eigenvalue weighted by Gasteiger charge is -2.34. The fourth-order valence-corrected chi connectivity index (χ4v) is 3.33. The Balaban J connectivity index is 2.61. The summed E-state index contributed by atoms with van der Waals surface area (Å²) in [4.78, 5) is 2.40. The summed E-state index contributed by atoms with van der Waals surface area (Å²) in [5.41, 5.74) is 0.404. The Kier molecular flexibility index (Phi) is 5.42. The second kappa shape index (κ2) is 6.17. The summed E-state index contributed by atoms with van der Waals surface area (Å²) in [5, 5.41) is 12.6. The molecule has 0 bridgehead atoms. The first-order valence-electron chi connectivity index (χ1n) is 6.94. The van der Waals surface area contributed by atoms with Gasteiger partial charge in [0, 0.05) is 25.2 Å². The van der Waals surface area contributed by atoms with E-state index in [0.717, 1.165) is 13.1 Å². The standard InChI is InChI=1S/C14H30N2O/c1-11(2)16(8-9-17)10-12-6-7-14(3,4)13(12)15-5/h11-13,15,17H,6-10H2,1-5H3. The summed E-state index contributed by atoms with van der Waals surface area (Å²) in [5.74, 6) is 0.712. The van der Waals surface area contributed by atoms with Gasteiger partial charge in [0.1, 0.15) is 0 Å². The molecule has 3 nitrogen and oxygen atoms in total. The van der Waals surface area contributed by atoms with Crippen LogP contribution < -0.4 is 5.32 Å². The summed E-state index contributed by atoms with van der Waals surface area (Å²) in [6, 6.07) is 1.12. The second-order valence-corrected chi connectivity index (χ2v) is 6.37. The van der Waals surface area contributed by atoms with Crippen LogP contribution in [-0.4, -0.2) is 48.8 Å². The van der Waals surface area contributed by atoms with Crippen LogP contribution in [-0.2, 0) is 0 Å². The van der Waals surface area contributed by atoms with Crippen molar-refractivity contribution in [2.75, 3.05) is 26.7 Å². The van der Waals surface area contributed by atoms with Crippen molar-refractivity contribution >= 4 is 0 Å². The smallest absolute Gasteiger partial charge is 0.0558 e. The molecule has 0 saturated heterocycles. The number of nitrogens with zero attached hydrogens (tertiary/aromatic N) is 1. The van der Waals surface area contributed by atoms with E-state index in [0.29, 0.717) is 23.4 Å². The van der Waals surface area contributed by atoms with Crippen molar-refractivity contribution in [2.45, 2.75) is 52.6 Å². The SMILES string of the molecule is CNC1C(CN(CCO)C(C)C)CCC1(C)C. The topological polar surface area (TPSA) is 35.5 Å². The van der Waals surface area contributed by atoms with Gasteiger partial charge in [-0.15, -0.1) is 0 Å². The molecule has 17 heavy (non-hydrogen) atoms. The molecule has 0 radical (unpaired) electrons. The lowest BCUT2D eigenvalue weighted by molar-refractivity contribution is 0.130. The largest absolute Gasteiger partial charge is 0.395 e. The number of hydrogen-bond acceptors (Lipinski definition) is 3. The zero-order valence-electron chi connectivity index (χ0n) is 12.2. The molecule has 1 rings (SSSR count). The van der Waals surface area contributed by atoms with Gasteiger partial charge in [0.15, 0.2) is 0 Å². The molecule has 1 aliphatic carbocycles. The minimum atomic E-state index is 0.262. The van der Waals surface area contributed by atoms with Gasteiger partial charge in [0.25, 0.3) is 0 Å². The summed E-state index contributed by atoms with van der Waals surface area (Å²) < 4.78 is 0. The Morgan fingerprint density at radius 1 is 1.41 bits per heavy atom. The minimum absolute atomic E-state index is 0.262. The third kappa shape index (κ3) is 3.67. The summed E-state index contributed by atoms with van der Waals surface area (Å²) in [7, 11) is 2.08. The van der Waals surface area contributed by atoms with Crippen LogP contribution in [0.1, 0.15) is 40.5 Å². The highest BCUT2D eigenvalue weighted by molar-refractivity contribution is 4.96. The highest BCUT2D eigenvalue weighted by atomic mass is 16.3. The lowest BCUT2D eigenvalue weighted by atomic mass is 9.84. The van der Waals surface area contributed by atoms with Gasteiger partial charge in [-0.25, -0.2) is 0 Å². The van der Waals surface area contributed by atoms with Crippen LogP contribution >= 0.6 is 0 Å². The molecule has 1 fully saturated rings. The van der Waals surface area contributed by atoms with Crippen molar-refractivity contribution in [1.29, 1.82) is 0 Å². The van der Waals surface area contributed by atoms with Crippen LogP contribution in [0.2, 0.25) is 0 Å². The van der Waals surface area contributed by atoms with E-state index in [1.54, 1.807) is 0 Å². The fraction of sp³-hybridized carbons (Fsp3) is 1.00. The highest BCUT2D eigenvalue weighted by Gasteiger charge is 2.41. The Hall–Kier alpha value is -0.120. The number of nitrogens with one attached hydrogen (secondary N) is 1. The maximum Gasteiger partial charge on any atom is 0.0558 e. The van der Waals surface area contributed by atoms with Crippen LogP contribution in [0, 0.1) is 11.3 Å². The number of aliphatic hydroxyl groups excluding tert-OH is 1. The molecular formula is C14H30N2O. The molecular weight excluding hydrogens is 212 g/mol. The first kappa shape index (κ1) is 14.9. The van der Waals surface area contributed by atoms with Crippen molar-refractivity contribution in [2.24, 2.45) is 11.3 Å². The molecule has 0 spiro atoms. The van der Waals surface area contributed by atoms with E-state index < -0.39 is 0 Å². The van der Waals surface area contributed by atoms with Crippen LogP contribution in [0.15, 0.2) is 0 Å². The van der Waals surface area contributed by atoms with E-state index in [4.69, 9.17) is 5.11 Å². The molecule has 0 aliphatic heterocycles. The number of aliphatic hydroxyl groups is 1. The Bertz CT molecular complexity index is 228. The van der Waals surface area contributed by atoms with Crippen molar-refractivity contribution in [1.82, 2.24) is 10.2 Å². The molecule has 3 heteroatoms. The fourth-order valence-electron chi connectivity index (χ4n) is 3.33. The number of hydrogen-bond donors (Lipinski definition) is 2. The van der Waals surface area contributed by atoms with Crippen molar-refractivity contribution < 1.29 is 5.11 Å². The maximum absolute atomic E-state index is 9.13. The predicted octanol–water partition coefficient (Wildman–Crippen LogP) is 1.71. The van der Waals surface area contributed by atoms with E-state index in [1.807, 2.05) is 0 Å². The van der Waals surface area contributed by atoms with E-state index in [-0.39, 0.29) is 6.61 Å². The molecule has 1 aliphatic rings. The van der Waals surface area contributed by atoms with Crippen LogP contribution in [0.4, 0.5) is 0 Å². The first-order chi connectivity index (χ1) is 7.92. The molecule has 1 saturated carbocycles. The van der Waals surface area contributed by atoms with Crippen molar-refractivity contribution in [3.05, 3.63) is 0 Å². The zero-order valence-corrected chi connectivity index (χ0v) is 12.2. The Morgan fingerprint density at radius 2 is 2.06 bits per heavy atom. The quantitative estimate of drug-likeness (QED) is 0.744. The third-order valence-electron chi connectivity index (χ3n) is 4.37. The molecule has 0 amide bonds. The van der Waals surface area contributed by atoms with E-state index in [2.05, 4.69) is 45.0 Å². The van der Waals surface area contributed by atoms with Crippen LogP contribution in [0.25, 0.3) is 0 Å². The molecule has 2 atom stereocenters. The number of rotatable bonds is 6. The van der Waals surface area contributed by atoms with E-state index in [9.17, 15) is 0 Å². The molecule has 0 aromatic rings. The van der Waals surface area contributed by atoms with Gasteiger partial charge < -0.3 is 10.4 Å². The van der Waals surface area contributed by atoms with Crippen molar-refractivity contribution in [3.63, 3.8) is 0 Å². The summed E-state index contributed by atoms with van der Waals surface area (Å²) in [6.07, 6.45) is 2.60. The average Bonchev–Trinajstić information content (AvgIpc) is 2.52. The Labute approximate surface area is 107 Å². The van der Waals surface area contributed by atoms with E-state index in [1.165, 1.54) is 12.8 Å². The van der Waals surface area contributed by atoms with Crippen molar-refractivity contribution in [3.8, 4) is 0 Å². The van der Waals surface area contributed by atoms with Crippen LogP contribution in [0.5, 0.6) is 0 Å². The zero-order chi connectivity index (χ0) is 13.1. The Morgan fingerprint density at radius 3 is 2.53 bits per heavy atom. The molecule has 0 aromatic heterocycles. The molecule has 2 unspecified atom stereocenters. The van der Waals surface area contributed by atoms with Gasteiger partial charge in [-0.2, -0.15) is 0 Å². The van der Waals surface area contributed by atoms with Gasteiger partial charge in [0.2, 0.25) is 0 Å². The van der Waals surface area contributed by atoms with Crippen LogP contribution in [0.3, 0.4) is 0 Å². The molecule has 0 aromatic carbocycles. The molecule has 2 N–H and O–H groups in total. The van der Waals surface area contributed by atoms with Gasteiger partial charge in [-0.05, 0) is 45.1 Å². The first-order valence-corrected chi connectivity index (χ1v) is 6.94. The van der Waals surface area contributed by atoms with Gasteiger partial charge >= 0.3 is 0 Å². The average molecular weight is 242 g/mol. The highest BCUT2D eigenvalue weighted by Crippen LogP contribution is 2.41. The minimum Gasteiger partial charge on any atom is -0.395 e. The lowest BCUT2D eigenvalue weighted by Crippen LogP contribution is -2.46. The van der Waals surface area contributed by atoms with Gasteiger partial charge in [0.05, 0.1) is 6.61 Å². The summed E-state index contributed by atoms with van der Waals surface area (Å²) in [6.45, 7) is 11.3. The third-order valence-corrected chi connectivity index (χ3v) is 4.37. The van der Waals surface area contributed by atoms with E-state index >= 15 is 0 Å². The molecule has 102 valence electrons.